The fraction of sp³-hybridized carbons (Fsp3) is 0.0233. The third-order valence-corrected chi connectivity index (χ3v) is 10.2. The highest BCUT2D eigenvalue weighted by atomic mass is 32.1. The maximum absolute atomic E-state index is 3.75. The van der Waals surface area contributed by atoms with Crippen molar-refractivity contribution in [2.75, 3.05) is 10.2 Å². The van der Waals surface area contributed by atoms with Crippen LogP contribution in [0.1, 0.15) is 5.56 Å². The van der Waals surface area contributed by atoms with Crippen molar-refractivity contribution < 1.29 is 0 Å². The van der Waals surface area contributed by atoms with Gasteiger partial charge in [-0.25, -0.2) is 0 Å². The second-order valence-electron chi connectivity index (χ2n) is 11.9. The molecule has 2 nitrogen and oxygen atoms in total. The van der Waals surface area contributed by atoms with Gasteiger partial charge in [0, 0.05) is 32.7 Å². The zero-order chi connectivity index (χ0) is 30.5. The summed E-state index contributed by atoms with van der Waals surface area (Å²) in [5, 5.41) is 8.78. The fourth-order valence-electron chi connectivity index (χ4n) is 6.68. The first-order valence-corrected chi connectivity index (χ1v) is 16.5. The van der Waals surface area contributed by atoms with E-state index in [-0.39, 0.29) is 6.04 Å². The summed E-state index contributed by atoms with van der Waals surface area (Å²) in [5.74, 6) is 0. The smallest absolute Gasteiger partial charge is 0.0976 e. The molecule has 2 heterocycles. The standard InChI is InChI=1S/C43H30N2S/c1-2-8-29(9-3-1)31-16-20-36(21-17-31)45(37-22-18-32(19-23-37)34-15-14-30-10-4-5-11-33(30)26-34)38-24-25-42-39(28-38)40-27-35-12-6-7-13-41(35)44-43(40)46-42/h1-28,41,44H. The molecule has 1 atom stereocenters. The molecule has 1 aliphatic heterocycles. The van der Waals surface area contributed by atoms with Crippen LogP contribution in [-0.2, 0) is 0 Å². The molecule has 0 fully saturated rings. The van der Waals surface area contributed by atoms with Crippen molar-refractivity contribution >= 4 is 60.3 Å². The van der Waals surface area contributed by atoms with Crippen LogP contribution >= 0.6 is 11.3 Å². The highest BCUT2D eigenvalue weighted by molar-refractivity contribution is 7.23. The van der Waals surface area contributed by atoms with Crippen molar-refractivity contribution in [1.29, 1.82) is 0 Å². The number of allylic oxidation sites excluding steroid dienone is 2. The first kappa shape index (κ1) is 26.7. The highest BCUT2D eigenvalue weighted by Gasteiger charge is 2.23. The Labute approximate surface area is 272 Å². The van der Waals surface area contributed by atoms with E-state index in [1.165, 1.54) is 59.3 Å². The number of nitrogens with zero attached hydrogens (tertiary/aromatic N) is 1. The zero-order valence-corrected chi connectivity index (χ0v) is 25.9. The molecule has 0 saturated carbocycles. The summed E-state index contributed by atoms with van der Waals surface area (Å²) in [6.07, 6.45) is 11.0. The lowest BCUT2D eigenvalue weighted by molar-refractivity contribution is 1.05. The molecule has 1 aliphatic carbocycles. The van der Waals surface area contributed by atoms with Gasteiger partial charge in [0.25, 0.3) is 0 Å². The molecule has 0 spiro atoms. The Kier molecular flexibility index (Phi) is 6.43. The van der Waals surface area contributed by atoms with Gasteiger partial charge in [-0.1, -0.05) is 115 Å². The predicted molar refractivity (Wildman–Crippen MR) is 199 cm³/mol. The molecule has 218 valence electrons. The van der Waals surface area contributed by atoms with Gasteiger partial charge in [-0.15, -0.1) is 11.3 Å². The van der Waals surface area contributed by atoms with Crippen LogP contribution in [0.4, 0.5) is 22.1 Å². The number of anilines is 4. The second-order valence-corrected chi connectivity index (χ2v) is 12.9. The molecule has 1 N–H and O–H groups in total. The molecule has 46 heavy (non-hydrogen) atoms. The van der Waals surface area contributed by atoms with E-state index in [1.807, 2.05) is 11.3 Å². The topological polar surface area (TPSA) is 15.3 Å². The van der Waals surface area contributed by atoms with Crippen molar-refractivity contribution in [2.24, 2.45) is 0 Å². The quantitative estimate of drug-likeness (QED) is 0.210. The van der Waals surface area contributed by atoms with Gasteiger partial charge in [-0.05, 0) is 93.2 Å². The molecule has 1 aromatic heterocycles. The molecule has 0 saturated heterocycles. The number of thiophene rings is 1. The minimum Gasteiger partial charge on any atom is -0.366 e. The lowest BCUT2D eigenvalue weighted by Gasteiger charge is -2.26. The van der Waals surface area contributed by atoms with E-state index in [1.54, 1.807) is 0 Å². The van der Waals surface area contributed by atoms with Crippen molar-refractivity contribution in [1.82, 2.24) is 0 Å². The number of nitrogens with one attached hydrogen (secondary N) is 1. The molecule has 9 rings (SSSR count). The Morgan fingerprint density at radius 3 is 1.98 bits per heavy atom. The van der Waals surface area contributed by atoms with Crippen LogP contribution in [0.25, 0.3) is 49.2 Å². The summed E-state index contributed by atoms with van der Waals surface area (Å²) in [5.41, 5.74) is 10.8. The van der Waals surface area contributed by atoms with Crippen LogP contribution in [0.15, 0.2) is 169 Å². The molecule has 7 aromatic rings. The maximum atomic E-state index is 3.75. The van der Waals surface area contributed by atoms with Gasteiger partial charge in [0.1, 0.15) is 0 Å². The fourth-order valence-corrected chi connectivity index (χ4v) is 7.78. The molecule has 0 bridgehead atoms. The van der Waals surface area contributed by atoms with Gasteiger partial charge in [0.15, 0.2) is 0 Å². The molecule has 2 aliphatic rings. The molecular weight excluding hydrogens is 577 g/mol. The lowest BCUT2D eigenvalue weighted by Crippen LogP contribution is -2.22. The predicted octanol–water partition coefficient (Wildman–Crippen LogP) is 12.2. The van der Waals surface area contributed by atoms with E-state index in [2.05, 4.69) is 180 Å². The Hall–Kier alpha value is -5.64. The Bertz CT molecular complexity index is 2320. The number of rotatable bonds is 5. The molecule has 3 heteroatoms. The lowest BCUT2D eigenvalue weighted by atomic mass is 9.95. The zero-order valence-electron chi connectivity index (χ0n) is 25.1. The summed E-state index contributed by atoms with van der Waals surface area (Å²) in [6, 6.07) is 50.9. The molecule has 0 amide bonds. The summed E-state index contributed by atoms with van der Waals surface area (Å²) in [6.45, 7) is 0. The summed E-state index contributed by atoms with van der Waals surface area (Å²) in [7, 11) is 0. The van der Waals surface area contributed by atoms with Crippen LogP contribution in [-0.4, -0.2) is 6.04 Å². The monoisotopic (exact) mass is 606 g/mol. The van der Waals surface area contributed by atoms with Crippen LogP contribution in [0, 0.1) is 0 Å². The van der Waals surface area contributed by atoms with Crippen LogP contribution < -0.4 is 10.2 Å². The van der Waals surface area contributed by atoms with Crippen molar-refractivity contribution in [2.45, 2.75) is 6.04 Å². The average molecular weight is 607 g/mol. The third kappa shape index (κ3) is 4.73. The van der Waals surface area contributed by atoms with Gasteiger partial charge < -0.3 is 10.2 Å². The first-order chi connectivity index (χ1) is 22.8. The minimum atomic E-state index is 0.241. The Balaban J connectivity index is 1.14. The van der Waals surface area contributed by atoms with E-state index < -0.39 is 0 Å². The van der Waals surface area contributed by atoms with E-state index in [9.17, 15) is 0 Å². The maximum Gasteiger partial charge on any atom is 0.0976 e. The van der Waals surface area contributed by atoms with E-state index in [4.69, 9.17) is 0 Å². The van der Waals surface area contributed by atoms with Crippen molar-refractivity contribution in [3.05, 3.63) is 175 Å². The average Bonchev–Trinajstić information content (AvgIpc) is 3.48. The summed E-state index contributed by atoms with van der Waals surface area (Å²) in [4.78, 5) is 2.37. The first-order valence-electron chi connectivity index (χ1n) is 15.7. The number of benzene rings is 6. The van der Waals surface area contributed by atoms with Gasteiger partial charge in [-0.2, -0.15) is 0 Å². The minimum absolute atomic E-state index is 0.241. The SMILES string of the molecule is C1=CC2=Cc3c(sc4ccc(N(c5ccc(-c6ccccc6)cc5)c5ccc(-c6ccc7ccccc7c6)cc5)cc34)NC2C=C1. The second kappa shape index (κ2) is 11.1. The van der Waals surface area contributed by atoms with Crippen molar-refractivity contribution in [3.63, 3.8) is 0 Å². The number of hydrogen-bond acceptors (Lipinski definition) is 3. The van der Waals surface area contributed by atoms with Gasteiger partial charge in [-0.3, -0.25) is 0 Å². The van der Waals surface area contributed by atoms with Crippen LogP contribution in [0.2, 0.25) is 0 Å². The van der Waals surface area contributed by atoms with E-state index in [0.29, 0.717) is 0 Å². The van der Waals surface area contributed by atoms with Crippen LogP contribution in [0.5, 0.6) is 0 Å². The molecular formula is C43H30N2S. The van der Waals surface area contributed by atoms with E-state index >= 15 is 0 Å². The Morgan fingerprint density at radius 1 is 0.543 bits per heavy atom. The normalized spacial score (nSPS) is 14.9. The summed E-state index contributed by atoms with van der Waals surface area (Å²) >= 11 is 1.84. The van der Waals surface area contributed by atoms with E-state index in [0.717, 1.165) is 17.1 Å². The third-order valence-electron chi connectivity index (χ3n) is 9.07. The largest absolute Gasteiger partial charge is 0.366 e. The summed E-state index contributed by atoms with van der Waals surface area (Å²) < 4.78 is 1.29. The van der Waals surface area contributed by atoms with Gasteiger partial charge in [0.05, 0.1) is 11.0 Å². The molecule has 1 unspecified atom stereocenters. The van der Waals surface area contributed by atoms with Gasteiger partial charge >= 0.3 is 0 Å². The number of hydrogen-bond donors (Lipinski definition) is 1. The molecule has 6 aromatic carbocycles. The van der Waals surface area contributed by atoms with Crippen LogP contribution in [0.3, 0.4) is 0 Å². The molecule has 0 radical (unpaired) electrons. The number of fused-ring (bicyclic) bond motifs is 5. The van der Waals surface area contributed by atoms with Gasteiger partial charge in [0.2, 0.25) is 0 Å². The Morgan fingerprint density at radius 2 is 1.20 bits per heavy atom. The highest BCUT2D eigenvalue weighted by Crippen LogP contribution is 2.45. The van der Waals surface area contributed by atoms with Crippen molar-refractivity contribution in [3.8, 4) is 22.3 Å².